The predicted octanol–water partition coefficient (Wildman–Crippen LogP) is 1.78. The monoisotopic (exact) mass is 399 g/mol. The molecular formula is C20H25N5O4. The number of aromatic amines is 2. The number of amides is 2. The lowest BCUT2D eigenvalue weighted by atomic mass is 9.74. The minimum Gasteiger partial charge on any atom is -0.444 e. The van der Waals surface area contributed by atoms with Crippen LogP contribution in [0.2, 0.25) is 0 Å². The van der Waals surface area contributed by atoms with Gasteiger partial charge in [0.05, 0.1) is 17.0 Å². The molecule has 0 saturated carbocycles. The molecule has 2 aromatic heterocycles. The highest BCUT2D eigenvalue weighted by Crippen LogP contribution is 2.39. The molecule has 2 aliphatic heterocycles. The summed E-state index contributed by atoms with van der Waals surface area (Å²) in [5.41, 5.74) is 1.08. The Bertz CT molecular complexity index is 1020. The van der Waals surface area contributed by atoms with Gasteiger partial charge in [-0.2, -0.15) is 0 Å². The lowest BCUT2D eigenvalue weighted by Gasteiger charge is -2.44. The smallest absolute Gasteiger partial charge is 0.410 e. The van der Waals surface area contributed by atoms with Crippen LogP contribution in [0.1, 0.15) is 49.7 Å². The van der Waals surface area contributed by atoms with Gasteiger partial charge in [0.25, 0.3) is 5.91 Å². The van der Waals surface area contributed by atoms with Crippen molar-refractivity contribution in [2.45, 2.75) is 44.6 Å². The van der Waals surface area contributed by atoms with Gasteiger partial charge in [0.1, 0.15) is 5.60 Å². The van der Waals surface area contributed by atoms with E-state index in [1.165, 1.54) is 6.20 Å². The number of nitrogens with one attached hydrogen (secondary N) is 3. The average molecular weight is 399 g/mol. The summed E-state index contributed by atoms with van der Waals surface area (Å²) < 4.78 is 5.55. The maximum atomic E-state index is 12.6. The number of aromatic nitrogens is 3. The number of hydrogen-bond donors (Lipinski definition) is 3. The number of carbonyl (C=O) groups excluding carboxylic acids is 2. The highest BCUT2D eigenvalue weighted by Gasteiger charge is 2.45. The van der Waals surface area contributed by atoms with E-state index in [9.17, 15) is 14.4 Å². The minimum atomic E-state index is -0.569. The Morgan fingerprint density at radius 2 is 2.03 bits per heavy atom. The molecule has 0 bridgehead atoms. The number of rotatable bonds is 1. The van der Waals surface area contributed by atoms with Crippen LogP contribution in [0, 0.1) is 0 Å². The molecule has 1 saturated heterocycles. The van der Waals surface area contributed by atoms with Crippen molar-refractivity contribution in [2.75, 3.05) is 19.6 Å². The van der Waals surface area contributed by atoms with Gasteiger partial charge in [0.2, 0.25) is 0 Å². The van der Waals surface area contributed by atoms with Crippen LogP contribution >= 0.6 is 0 Å². The van der Waals surface area contributed by atoms with Gasteiger partial charge in [-0.05, 0) is 45.7 Å². The van der Waals surface area contributed by atoms with Crippen LogP contribution in [0.25, 0.3) is 11.4 Å². The van der Waals surface area contributed by atoms with Crippen molar-refractivity contribution in [1.82, 2.24) is 25.2 Å². The van der Waals surface area contributed by atoms with E-state index in [4.69, 9.17) is 4.74 Å². The van der Waals surface area contributed by atoms with Gasteiger partial charge in [-0.25, -0.2) is 14.6 Å². The Hall–Kier alpha value is -3.10. The fourth-order valence-corrected chi connectivity index (χ4v) is 4.12. The molecular weight excluding hydrogens is 374 g/mol. The lowest BCUT2D eigenvalue weighted by Crippen LogP contribution is -2.57. The van der Waals surface area contributed by atoms with Crippen molar-refractivity contribution in [3.05, 3.63) is 40.1 Å². The van der Waals surface area contributed by atoms with E-state index in [0.717, 1.165) is 18.5 Å². The molecule has 0 radical (unpaired) electrons. The third-order valence-electron chi connectivity index (χ3n) is 5.37. The van der Waals surface area contributed by atoms with E-state index in [1.807, 2.05) is 20.8 Å². The zero-order valence-corrected chi connectivity index (χ0v) is 16.8. The van der Waals surface area contributed by atoms with E-state index in [1.54, 1.807) is 17.0 Å². The first-order valence-corrected chi connectivity index (χ1v) is 9.72. The maximum absolute atomic E-state index is 12.6. The number of piperidine rings is 1. The number of hydrogen-bond acceptors (Lipinski definition) is 5. The fourth-order valence-electron chi connectivity index (χ4n) is 4.12. The average Bonchev–Trinajstić information content (AvgIpc) is 3.11. The van der Waals surface area contributed by atoms with Crippen molar-refractivity contribution in [2.24, 2.45) is 0 Å². The van der Waals surface area contributed by atoms with Crippen LogP contribution in [-0.2, 0) is 10.2 Å². The molecule has 1 spiro atoms. The summed E-state index contributed by atoms with van der Waals surface area (Å²) in [7, 11) is 0. The van der Waals surface area contributed by atoms with Gasteiger partial charge in [0.15, 0.2) is 0 Å². The lowest BCUT2D eigenvalue weighted by molar-refractivity contribution is 0.0128. The van der Waals surface area contributed by atoms with E-state index in [-0.39, 0.29) is 12.0 Å². The Morgan fingerprint density at radius 3 is 2.76 bits per heavy atom. The van der Waals surface area contributed by atoms with Crippen molar-refractivity contribution < 1.29 is 14.3 Å². The van der Waals surface area contributed by atoms with Gasteiger partial charge in [0, 0.05) is 36.9 Å². The van der Waals surface area contributed by atoms with Crippen LogP contribution in [0.5, 0.6) is 0 Å². The van der Waals surface area contributed by atoms with Crippen LogP contribution in [0.4, 0.5) is 4.79 Å². The van der Waals surface area contributed by atoms with Crippen LogP contribution in [-0.4, -0.2) is 57.1 Å². The van der Waals surface area contributed by atoms with E-state index in [0.29, 0.717) is 36.6 Å². The zero-order valence-electron chi connectivity index (χ0n) is 16.8. The Labute approximate surface area is 167 Å². The molecule has 1 atom stereocenters. The molecule has 154 valence electrons. The summed E-state index contributed by atoms with van der Waals surface area (Å²) in [6, 6.07) is 3.42. The summed E-state index contributed by atoms with van der Waals surface area (Å²) in [4.78, 5) is 48.1. The number of carbonyl (C=O) groups is 2. The Balaban J connectivity index is 1.69. The summed E-state index contributed by atoms with van der Waals surface area (Å²) in [5, 5.41) is 2.96. The Morgan fingerprint density at radius 1 is 1.24 bits per heavy atom. The van der Waals surface area contributed by atoms with Crippen LogP contribution < -0.4 is 11.0 Å². The molecule has 0 aliphatic carbocycles. The van der Waals surface area contributed by atoms with E-state index in [2.05, 4.69) is 20.3 Å². The number of fused-ring (bicyclic) bond motifs is 2. The summed E-state index contributed by atoms with van der Waals surface area (Å²) >= 11 is 0. The highest BCUT2D eigenvalue weighted by molar-refractivity contribution is 5.98. The van der Waals surface area contributed by atoms with Crippen molar-refractivity contribution in [3.8, 4) is 11.4 Å². The third-order valence-corrected chi connectivity index (χ3v) is 5.37. The van der Waals surface area contributed by atoms with Crippen molar-refractivity contribution in [1.29, 1.82) is 0 Å². The third kappa shape index (κ3) is 3.64. The van der Waals surface area contributed by atoms with Gasteiger partial charge in [-0.1, -0.05) is 0 Å². The zero-order chi connectivity index (χ0) is 20.8. The van der Waals surface area contributed by atoms with Crippen molar-refractivity contribution >= 4 is 12.0 Å². The van der Waals surface area contributed by atoms with E-state index < -0.39 is 16.7 Å². The molecule has 2 amide bonds. The number of likely N-dealkylation sites (tertiary alicyclic amines) is 1. The van der Waals surface area contributed by atoms with Gasteiger partial charge >= 0.3 is 11.8 Å². The molecule has 2 aliphatic rings. The number of ether oxygens (including phenoxy) is 1. The summed E-state index contributed by atoms with van der Waals surface area (Å²) in [5.74, 6) is -0.168. The van der Waals surface area contributed by atoms with Crippen molar-refractivity contribution in [3.63, 3.8) is 0 Å². The molecule has 2 aromatic rings. The first-order valence-electron chi connectivity index (χ1n) is 9.72. The quantitative estimate of drug-likeness (QED) is 0.675. The van der Waals surface area contributed by atoms with Crippen LogP contribution in [0.15, 0.2) is 23.1 Å². The normalized spacial score (nSPS) is 21.6. The fraction of sp³-hybridized carbons (Fsp3) is 0.500. The SMILES string of the molecule is CC(C)(C)OC(=O)N1CCCC2(CNC(=O)c3cc(-c4ccnc(=O)[nH]4)[nH]c32)C1. The minimum absolute atomic E-state index is 0.168. The van der Waals surface area contributed by atoms with E-state index >= 15 is 0 Å². The largest absolute Gasteiger partial charge is 0.444 e. The first-order chi connectivity index (χ1) is 13.7. The molecule has 0 aromatic carbocycles. The molecule has 9 nitrogen and oxygen atoms in total. The molecule has 29 heavy (non-hydrogen) atoms. The van der Waals surface area contributed by atoms with Crippen LogP contribution in [0.3, 0.4) is 0 Å². The topological polar surface area (TPSA) is 120 Å². The summed E-state index contributed by atoms with van der Waals surface area (Å²) in [6.07, 6.45) is 2.70. The second-order valence-electron chi connectivity index (χ2n) is 8.73. The second-order valence-corrected chi connectivity index (χ2v) is 8.73. The first kappa shape index (κ1) is 19.2. The van der Waals surface area contributed by atoms with Gasteiger partial charge < -0.3 is 24.9 Å². The standard InChI is InChI=1S/C20H25N5O4/c1-19(2,3)29-18(28)25-8-4-6-20(11-25)10-22-16(26)12-9-14(23-15(12)20)13-5-7-21-17(27)24-13/h5,7,9,23H,4,6,8,10-11H2,1-3H3,(H,22,26)(H,21,24,27). The second kappa shape index (κ2) is 6.75. The summed E-state index contributed by atoms with van der Waals surface area (Å²) in [6.45, 7) is 7.03. The maximum Gasteiger partial charge on any atom is 0.410 e. The molecule has 1 fully saturated rings. The van der Waals surface area contributed by atoms with Gasteiger partial charge in [-0.15, -0.1) is 0 Å². The Kier molecular flexibility index (Phi) is 4.48. The number of nitrogens with zero attached hydrogens (tertiary/aromatic N) is 2. The predicted molar refractivity (Wildman–Crippen MR) is 106 cm³/mol. The molecule has 3 N–H and O–H groups in total. The molecule has 1 unspecified atom stereocenters. The molecule has 4 heterocycles. The highest BCUT2D eigenvalue weighted by atomic mass is 16.6. The molecule has 4 rings (SSSR count). The van der Waals surface area contributed by atoms with Gasteiger partial charge in [-0.3, -0.25) is 4.79 Å². The number of H-pyrrole nitrogens is 2. The molecule has 9 heteroatoms.